The standard InChI is InChI=1S/C17H22ClF2N3O2/c1-25-15-3-2-13(18)8-12(15)10-22-4-6-23(7-5-22)16(24)14-9-17(19,20)11-21-14/h2-3,8,14,21H,4-7,9-11H2,1H3. The van der Waals surface area contributed by atoms with Crippen molar-refractivity contribution >= 4 is 17.5 Å². The first-order chi connectivity index (χ1) is 11.9. The van der Waals surface area contributed by atoms with E-state index in [9.17, 15) is 13.6 Å². The molecule has 0 radical (unpaired) electrons. The monoisotopic (exact) mass is 373 g/mol. The van der Waals surface area contributed by atoms with Gasteiger partial charge in [0.05, 0.1) is 19.7 Å². The molecule has 3 rings (SSSR count). The lowest BCUT2D eigenvalue weighted by atomic mass is 10.1. The molecule has 1 amide bonds. The zero-order chi connectivity index (χ0) is 18.0. The van der Waals surface area contributed by atoms with Gasteiger partial charge in [-0.2, -0.15) is 0 Å². The summed E-state index contributed by atoms with van der Waals surface area (Å²) in [4.78, 5) is 16.2. The minimum absolute atomic E-state index is 0.225. The molecule has 0 saturated carbocycles. The van der Waals surface area contributed by atoms with Gasteiger partial charge in [-0.25, -0.2) is 8.78 Å². The molecule has 0 aromatic heterocycles. The lowest BCUT2D eigenvalue weighted by molar-refractivity contribution is -0.135. The fourth-order valence-electron chi connectivity index (χ4n) is 3.35. The van der Waals surface area contributed by atoms with Crippen molar-refractivity contribution < 1.29 is 18.3 Å². The van der Waals surface area contributed by atoms with Gasteiger partial charge in [0.15, 0.2) is 0 Å². The first-order valence-corrected chi connectivity index (χ1v) is 8.70. The first-order valence-electron chi connectivity index (χ1n) is 8.33. The molecule has 2 heterocycles. The fourth-order valence-corrected chi connectivity index (χ4v) is 3.54. The minimum atomic E-state index is -2.79. The number of nitrogens with zero attached hydrogens (tertiary/aromatic N) is 2. The van der Waals surface area contributed by atoms with Crippen LogP contribution >= 0.6 is 11.6 Å². The summed E-state index contributed by atoms with van der Waals surface area (Å²) in [6.07, 6.45) is -0.411. The van der Waals surface area contributed by atoms with Gasteiger partial charge in [0.2, 0.25) is 5.91 Å². The van der Waals surface area contributed by atoms with Crippen LogP contribution in [0.4, 0.5) is 8.78 Å². The highest BCUT2D eigenvalue weighted by Crippen LogP contribution is 2.27. The van der Waals surface area contributed by atoms with E-state index in [1.807, 2.05) is 12.1 Å². The number of amides is 1. The lowest BCUT2D eigenvalue weighted by Gasteiger charge is -2.36. The third-order valence-corrected chi connectivity index (χ3v) is 4.96. The van der Waals surface area contributed by atoms with Crippen LogP contribution in [0.25, 0.3) is 0 Å². The SMILES string of the molecule is COc1ccc(Cl)cc1CN1CCN(C(=O)C2CC(F)(F)CN2)CC1. The Kier molecular flexibility index (Phi) is 5.46. The molecule has 2 aliphatic heterocycles. The number of ether oxygens (including phenoxy) is 1. The van der Waals surface area contributed by atoms with Crippen LogP contribution in [0.2, 0.25) is 5.02 Å². The maximum Gasteiger partial charge on any atom is 0.262 e. The van der Waals surface area contributed by atoms with Gasteiger partial charge in [-0.1, -0.05) is 11.6 Å². The van der Waals surface area contributed by atoms with Crippen molar-refractivity contribution in [3.8, 4) is 5.75 Å². The first kappa shape index (κ1) is 18.4. The average Bonchev–Trinajstić information content (AvgIpc) is 2.95. The lowest BCUT2D eigenvalue weighted by Crippen LogP contribution is -2.52. The highest BCUT2D eigenvalue weighted by molar-refractivity contribution is 6.30. The van der Waals surface area contributed by atoms with Gasteiger partial charge >= 0.3 is 0 Å². The predicted octanol–water partition coefficient (Wildman–Crippen LogP) is 1.99. The van der Waals surface area contributed by atoms with Crippen LogP contribution in [0.1, 0.15) is 12.0 Å². The molecule has 0 spiro atoms. The number of nitrogens with one attached hydrogen (secondary N) is 1. The number of carbonyl (C=O) groups excluding carboxylic acids is 1. The number of halogens is 3. The van der Waals surface area contributed by atoms with Crippen LogP contribution in [-0.2, 0) is 11.3 Å². The third kappa shape index (κ3) is 4.40. The van der Waals surface area contributed by atoms with E-state index in [1.54, 1.807) is 18.1 Å². The average molecular weight is 374 g/mol. The van der Waals surface area contributed by atoms with Crippen molar-refractivity contribution in [1.29, 1.82) is 0 Å². The van der Waals surface area contributed by atoms with E-state index >= 15 is 0 Å². The summed E-state index contributed by atoms with van der Waals surface area (Å²) >= 11 is 6.06. The maximum absolute atomic E-state index is 13.3. The summed E-state index contributed by atoms with van der Waals surface area (Å²) < 4.78 is 31.9. The maximum atomic E-state index is 13.3. The summed E-state index contributed by atoms with van der Waals surface area (Å²) in [5.74, 6) is -2.23. The summed E-state index contributed by atoms with van der Waals surface area (Å²) in [5.41, 5.74) is 0.992. The highest BCUT2D eigenvalue weighted by Gasteiger charge is 2.43. The van der Waals surface area contributed by atoms with E-state index in [4.69, 9.17) is 16.3 Å². The van der Waals surface area contributed by atoms with Gasteiger partial charge in [-0.15, -0.1) is 0 Å². The molecule has 138 valence electrons. The Morgan fingerprint density at radius 1 is 1.36 bits per heavy atom. The van der Waals surface area contributed by atoms with Gasteiger partial charge in [-0.05, 0) is 18.2 Å². The van der Waals surface area contributed by atoms with Gasteiger partial charge in [0.25, 0.3) is 5.92 Å². The zero-order valence-corrected chi connectivity index (χ0v) is 14.9. The molecule has 8 heteroatoms. The Bertz CT molecular complexity index is 636. The van der Waals surface area contributed by atoms with Gasteiger partial charge < -0.3 is 9.64 Å². The van der Waals surface area contributed by atoms with Crippen LogP contribution in [0.5, 0.6) is 5.75 Å². The molecule has 1 N–H and O–H groups in total. The van der Waals surface area contributed by atoms with Gasteiger partial charge in [0.1, 0.15) is 5.75 Å². The second-order valence-corrected chi connectivity index (χ2v) is 6.99. The predicted molar refractivity (Wildman–Crippen MR) is 91.2 cm³/mol. The molecule has 25 heavy (non-hydrogen) atoms. The number of carbonyl (C=O) groups is 1. The van der Waals surface area contributed by atoms with E-state index in [0.29, 0.717) is 37.7 Å². The Morgan fingerprint density at radius 2 is 2.08 bits per heavy atom. The Hall–Kier alpha value is -1.44. The summed E-state index contributed by atoms with van der Waals surface area (Å²) in [7, 11) is 1.62. The molecule has 2 fully saturated rings. The number of piperazine rings is 1. The summed E-state index contributed by atoms with van der Waals surface area (Å²) in [6, 6.07) is 4.73. The summed E-state index contributed by atoms with van der Waals surface area (Å²) in [5, 5.41) is 3.28. The quantitative estimate of drug-likeness (QED) is 0.876. The van der Waals surface area contributed by atoms with Crippen LogP contribution in [-0.4, -0.2) is 67.5 Å². The second kappa shape index (κ2) is 7.43. The van der Waals surface area contributed by atoms with Crippen LogP contribution < -0.4 is 10.1 Å². The number of methoxy groups -OCH3 is 1. The molecule has 2 saturated heterocycles. The number of hydrogen-bond acceptors (Lipinski definition) is 4. The van der Waals surface area contributed by atoms with E-state index in [1.165, 1.54) is 0 Å². The van der Waals surface area contributed by atoms with Crippen LogP contribution in [0, 0.1) is 0 Å². The van der Waals surface area contributed by atoms with Crippen LogP contribution in [0.15, 0.2) is 18.2 Å². The number of rotatable bonds is 4. The molecule has 1 aromatic rings. The van der Waals surface area contributed by atoms with Crippen molar-refractivity contribution in [3.05, 3.63) is 28.8 Å². The van der Waals surface area contributed by atoms with E-state index < -0.39 is 24.9 Å². The smallest absolute Gasteiger partial charge is 0.262 e. The zero-order valence-electron chi connectivity index (χ0n) is 14.1. The van der Waals surface area contributed by atoms with Gasteiger partial charge in [-0.3, -0.25) is 15.0 Å². The van der Waals surface area contributed by atoms with Crippen molar-refractivity contribution in [2.75, 3.05) is 39.8 Å². The molecule has 0 aliphatic carbocycles. The van der Waals surface area contributed by atoms with E-state index in [0.717, 1.165) is 11.3 Å². The molecular formula is C17H22ClF2N3O2. The third-order valence-electron chi connectivity index (χ3n) is 4.73. The summed E-state index contributed by atoms with van der Waals surface area (Å²) in [6.45, 7) is 2.69. The minimum Gasteiger partial charge on any atom is -0.496 e. The van der Waals surface area contributed by atoms with Crippen LogP contribution in [0.3, 0.4) is 0 Å². The van der Waals surface area contributed by atoms with Crippen molar-refractivity contribution in [3.63, 3.8) is 0 Å². The molecular weight excluding hydrogens is 352 g/mol. The largest absolute Gasteiger partial charge is 0.496 e. The number of alkyl halides is 2. The Labute approximate surface area is 150 Å². The van der Waals surface area contributed by atoms with Crippen molar-refractivity contribution in [1.82, 2.24) is 15.1 Å². The van der Waals surface area contributed by atoms with E-state index in [-0.39, 0.29) is 5.91 Å². The number of benzene rings is 1. The molecule has 1 unspecified atom stereocenters. The van der Waals surface area contributed by atoms with Crippen molar-refractivity contribution in [2.45, 2.75) is 24.9 Å². The molecule has 1 atom stereocenters. The molecule has 5 nitrogen and oxygen atoms in total. The number of hydrogen-bond donors (Lipinski definition) is 1. The molecule has 0 bridgehead atoms. The molecule has 1 aromatic carbocycles. The second-order valence-electron chi connectivity index (χ2n) is 6.55. The van der Waals surface area contributed by atoms with E-state index in [2.05, 4.69) is 10.2 Å². The topological polar surface area (TPSA) is 44.8 Å². The normalized spacial score (nSPS) is 23.7. The Morgan fingerprint density at radius 3 is 2.68 bits per heavy atom. The van der Waals surface area contributed by atoms with Gasteiger partial charge in [0, 0.05) is 49.7 Å². The molecule has 2 aliphatic rings. The van der Waals surface area contributed by atoms with Crippen molar-refractivity contribution in [2.24, 2.45) is 0 Å². The fraction of sp³-hybridized carbons (Fsp3) is 0.588. The Balaban J connectivity index is 1.54. The highest BCUT2D eigenvalue weighted by atomic mass is 35.5.